The van der Waals surface area contributed by atoms with Crippen molar-refractivity contribution >= 4 is 6.08 Å². The third-order valence-corrected chi connectivity index (χ3v) is 31.9. The molecule has 1 aromatic rings. The van der Waals surface area contributed by atoms with Crippen molar-refractivity contribution in [2.75, 3.05) is 0 Å². The van der Waals surface area contributed by atoms with E-state index in [1.54, 1.807) is 39.0 Å². The molecule has 4 rings (SSSR count). The predicted octanol–water partition coefficient (Wildman–Crippen LogP) is 7.92. The van der Waals surface area contributed by atoms with Crippen LogP contribution in [-0.2, 0) is 36.0 Å². The summed E-state index contributed by atoms with van der Waals surface area (Å²) in [6, 6.07) is 5.17. The fourth-order valence-electron chi connectivity index (χ4n) is 6.76. The van der Waals surface area contributed by atoms with E-state index in [9.17, 15) is 0 Å². The Morgan fingerprint density at radius 2 is 1.48 bits per heavy atom. The fourth-order valence-corrected chi connectivity index (χ4v) is 26.2. The molecule has 1 heteroatoms. The van der Waals surface area contributed by atoms with Gasteiger partial charge in [0.25, 0.3) is 0 Å². The average molecular weight is 527 g/mol. The van der Waals surface area contributed by atoms with Crippen molar-refractivity contribution in [1.29, 1.82) is 0 Å². The molecular weight excluding hydrogens is 491 g/mol. The minimum absolute atomic E-state index is 0.308. The zero-order chi connectivity index (χ0) is 19.8. The Bertz CT molecular complexity index is 898. The second kappa shape index (κ2) is 6.15. The third kappa shape index (κ3) is 2.24. The second-order valence-electron chi connectivity index (χ2n) is 9.97. The van der Waals surface area contributed by atoms with Gasteiger partial charge in [-0.1, -0.05) is 0 Å². The van der Waals surface area contributed by atoms with Gasteiger partial charge in [0.2, 0.25) is 0 Å². The van der Waals surface area contributed by atoms with Crippen molar-refractivity contribution in [3.8, 4) is 0 Å². The number of benzene rings is 1. The van der Waals surface area contributed by atoms with Crippen LogP contribution in [0, 0.1) is 0 Å². The van der Waals surface area contributed by atoms with Gasteiger partial charge >= 0.3 is 172 Å². The van der Waals surface area contributed by atoms with E-state index in [0.717, 1.165) is 0 Å². The van der Waals surface area contributed by atoms with Crippen LogP contribution in [0.5, 0.6) is 0 Å². The van der Waals surface area contributed by atoms with Crippen molar-refractivity contribution in [3.63, 3.8) is 0 Å². The second-order valence-corrected chi connectivity index (χ2v) is 28.4. The average Bonchev–Trinajstić information content (AvgIpc) is 3.30. The van der Waals surface area contributed by atoms with Crippen LogP contribution in [0.3, 0.4) is 0 Å². The molecule has 0 fully saturated rings. The summed E-state index contributed by atoms with van der Waals surface area (Å²) in [4.78, 5) is 0. The predicted molar refractivity (Wildman–Crippen MR) is 116 cm³/mol. The number of fused-ring (bicyclic) bond motifs is 2. The van der Waals surface area contributed by atoms with Gasteiger partial charge in [0, 0.05) is 0 Å². The van der Waals surface area contributed by atoms with Crippen molar-refractivity contribution < 1.29 is 20.0 Å². The Balaban J connectivity index is 1.94. The first-order chi connectivity index (χ1) is 12.6. The molecule has 0 bridgehead atoms. The van der Waals surface area contributed by atoms with Crippen LogP contribution < -0.4 is 0 Å². The Hall–Kier alpha value is -0.690. The van der Waals surface area contributed by atoms with Crippen molar-refractivity contribution in [2.45, 2.75) is 82.9 Å². The molecular formula is C26H36Hf. The summed E-state index contributed by atoms with van der Waals surface area (Å²) in [7, 11) is 0. The van der Waals surface area contributed by atoms with Gasteiger partial charge in [-0.15, -0.1) is 0 Å². The summed E-state index contributed by atoms with van der Waals surface area (Å²) in [5, 5.41) is 0. The van der Waals surface area contributed by atoms with Gasteiger partial charge in [0.1, 0.15) is 0 Å². The van der Waals surface area contributed by atoms with Gasteiger partial charge in [0.05, 0.1) is 0 Å². The number of allylic oxidation sites excluding steroid dienone is 5. The molecule has 0 nitrogen and oxygen atoms in total. The van der Waals surface area contributed by atoms with Crippen LogP contribution in [0.15, 0.2) is 40.5 Å². The number of hydrogen-bond acceptors (Lipinski definition) is 0. The molecule has 3 aliphatic rings. The summed E-state index contributed by atoms with van der Waals surface area (Å²) in [5.41, 5.74) is 12.9. The van der Waals surface area contributed by atoms with Gasteiger partial charge in [-0.2, -0.15) is 0 Å². The van der Waals surface area contributed by atoms with Crippen molar-refractivity contribution in [3.05, 3.63) is 62.8 Å². The molecule has 1 aromatic carbocycles. The van der Waals surface area contributed by atoms with Gasteiger partial charge in [-0.05, 0) is 0 Å². The Morgan fingerprint density at radius 3 is 2.04 bits per heavy atom. The van der Waals surface area contributed by atoms with E-state index in [-0.39, 0.29) is 0 Å². The van der Waals surface area contributed by atoms with E-state index in [4.69, 9.17) is 0 Å². The van der Waals surface area contributed by atoms with Gasteiger partial charge < -0.3 is 0 Å². The summed E-state index contributed by atoms with van der Waals surface area (Å²) in [6.45, 7) is 14.6. The van der Waals surface area contributed by atoms with Crippen LogP contribution >= 0.6 is 0 Å². The van der Waals surface area contributed by atoms with E-state index >= 15 is 0 Å². The Kier molecular flexibility index (Phi) is 4.47. The van der Waals surface area contributed by atoms with Gasteiger partial charge in [0.15, 0.2) is 0 Å². The SMILES string of the molecule is CC[C]1([Hf]([CH3])([CH3])[C]2(C)C(C)=C(C)C(C)=C2C)C=Cc2cc3c(cc21)CCC3. The maximum atomic E-state index is 2.75. The molecule has 0 N–H and O–H groups in total. The Morgan fingerprint density at radius 1 is 0.926 bits per heavy atom. The molecule has 0 saturated carbocycles. The monoisotopic (exact) mass is 528 g/mol. The third-order valence-electron chi connectivity index (χ3n) is 9.40. The minimum atomic E-state index is -2.95. The topological polar surface area (TPSA) is 0 Å². The zero-order valence-electron chi connectivity index (χ0n) is 18.6. The Labute approximate surface area is 171 Å². The number of hydrogen-bond donors (Lipinski definition) is 0. The van der Waals surface area contributed by atoms with Gasteiger partial charge in [-0.25, -0.2) is 0 Å². The van der Waals surface area contributed by atoms with E-state index in [0.29, 0.717) is 6.34 Å². The molecule has 27 heavy (non-hydrogen) atoms. The normalized spacial score (nSPS) is 26.2. The standard InChI is InChI=1S/C14H15.C10H15.2CH3.Hf/c1-2-10-6-7-13-8-11-4-3-5-12(11)9-14(10)13;1-6-7(2)9(4)10(5)8(6)3;;;/h6-9H,2-5H2,1H3;1-5H3;2*1H3;. The summed E-state index contributed by atoms with van der Waals surface area (Å²) in [5.74, 6) is 0. The van der Waals surface area contributed by atoms with Crippen LogP contribution in [0.25, 0.3) is 6.08 Å². The van der Waals surface area contributed by atoms with Crippen molar-refractivity contribution in [2.24, 2.45) is 0 Å². The molecule has 0 heterocycles. The first kappa shape index (κ1) is 19.6. The van der Waals surface area contributed by atoms with Crippen molar-refractivity contribution in [1.82, 2.24) is 0 Å². The first-order valence-electron chi connectivity index (χ1n) is 10.8. The summed E-state index contributed by atoms with van der Waals surface area (Å²) >= 11 is -2.95. The molecule has 3 aliphatic carbocycles. The van der Waals surface area contributed by atoms with Crippen LogP contribution in [0.4, 0.5) is 0 Å². The molecule has 144 valence electrons. The number of rotatable bonds is 3. The quantitative estimate of drug-likeness (QED) is 0.351. The first-order valence-corrected chi connectivity index (χ1v) is 21.6. The van der Waals surface area contributed by atoms with Crippen LogP contribution in [0.1, 0.15) is 76.6 Å². The summed E-state index contributed by atoms with van der Waals surface area (Å²) in [6.07, 6.45) is 10.3. The van der Waals surface area contributed by atoms with Crippen LogP contribution in [0.2, 0.25) is 12.5 Å². The zero-order valence-corrected chi connectivity index (χ0v) is 22.2. The molecule has 1 unspecified atom stereocenters. The molecule has 1 atom stereocenters. The van der Waals surface area contributed by atoms with E-state index in [1.165, 1.54) is 31.2 Å². The summed E-state index contributed by atoms with van der Waals surface area (Å²) < 4.78 is 6.12. The molecule has 0 aromatic heterocycles. The molecule has 0 radical (unpaired) electrons. The van der Waals surface area contributed by atoms with E-state index in [2.05, 4.69) is 75.2 Å². The van der Waals surface area contributed by atoms with E-state index in [1.807, 2.05) is 0 Å². The molecule has 0 spiro atoms. The molecule has 0 aliphatic heterocycles. The maximum absolute atomic E-state index is 2.95. The number of aryl methyl sites for hydroxylation is 2. The fraction of sp³-hybridized carbons (Fsp3) is 0.538. The van der Waals surface area contributed by atoms with Gasteiger partial charge in [-0.3, -0.25) is 0 Å². The molecule has 0 amide bonds. The molecule has 0 saturated heterocycles. The van der Waals surface area contributed by atoms with E-state index < -0.39 is 20.0 Å². The van der Waals surface area contributed by atoms with Crippen LogP contribution in [-0.4, -0.2) is 0 Å².